The summed E-state index contributed by atoms with van der Waals surface area (Å²) in [5.74, 6) is -0.871. The maximum Gasteiger partial charge on any atom is 0.416 e. The Morgan fingerprint density at radius 2 is 2.31 bits per heavy atom. The standard InChI is InChI=1S/C9H9ClFN3O2/c1-9(2)4-16-8(15)14(9)6-5(11)3-12-7(10)13-6/h3H,4H2,1-2H3. The normalized spacial score (nSPS) is 18.8. The van der Waals surface area contributed by atoms with Crippen molar-refractivity contribution in [2.24, 2.45) is 0 Å². The molecule has 1 fully saturated rings. The summed E-state index contributed by atoms with van der Waals surface area (Å²) in [6.07, 6.45) is 0.283. The molecular formula is C9H9ClFN3O2. The van der Waals surface area contributed by atoms with Gasteiger partial charge in [-0.2, -0.15) is 4.98 Å². The van der Waals surface area contributed by atoms with Crippen molar-refractivity contribution in [2.75, 3.05) is 11.5 Å². The molecule has 7 heteroatoms. The van der Waals surface area contributed by atoms with Crippen molar-refractivity contribution >= 4 is 23.5 Å². The van der Waals surface area contributed by atoms with Crippen molar-refractivity contribution in [3.63, 3.8) is 0 Å². The van der Waals surface area contributed by atoms with E-state index in [2.05, 4.69) is 9.97 Å². The second kappa shape index (κ2) is 3.55. The van der Waals surface area contributed by atoms with E-state index in [0.29, 0.717) is 0 Å². The molecule has 1 aliphatic rings. The van der Waals surface area contributed by atoms with Gasteiger partial charge in [-0.1, -0.05) is 0 Å². The molecule has 0 radical (unpaired) electrons. The quantitative estimate of drug-likeness (QED) is 0.710. The third kappa shape index (κ3) is 1.69. The van der Waals surface area contributed by atoms with Crippen molar-refractivity contribution in [3.05, 3.63) is 17.3 Å². The Bertz CT molecular complexity index is 452. The molecule has 86 valence electrons. The van der Waals surface area contributed by atoms with Gasteiger partial charge in [-0.3, -0.25) is 0 Å². The van der Waals surface area contributed by atoms with Crippen LogP contribution in [0.4, 0.5) is 15.0 Å². The van der Waals surface area contributed by atoms with Gasteiger partial charge in [0.25, 0.3) is 0 Å². The van der Waals surface area contributed by atoms with Crippen LogP contribution in [0.1, 0.15) is 13.8 Å². The van der Waals surface area contributed by atoms with Crippen LogP contribution >= 0.6 is 11.6 Å². The maximum absolute atomic E-state index is 13.5. The van der Waals surface area contributed by atoms with E-state index < -0.39 is 17.4 Å². The summed E-state index contributed by atoms with van der Waals surface area (Å²) in [6, 6.07) is 0. The molecule has 1 amide bonds. The Labute approximate surface area is 96.2 Å². The third-order valence-corrected chi connectivity index (χ3v) is 2.43. The van der Waals surface area contributed by atoms with E-state index >= 15 is 0 Å². The second-order valence-electron chi connectivity index (χ2n) is 4.01. The molecule has 16 heavy (non-hydrogen) atoms. The van der Waals surface area contributed by atoms with Gasteiger partial charge in [-0.15, -0.1) is 0 Å². The lowest BCUT2D eigenvalue weighted by molar-refractivity contribution is 0.175. The van der Waals surface area contributed by atoms with Gasteiger partial charge in [0.2, 0.25) is 5.28 Å². The molecule has 0 spiro atoms. The van der Waals surface area contributed by atoms with E-state index in [9.17, 15) is 9.18 Å². The zero-order chi connectivity index (χ0) is 11.9. The Morgan fingerprint density at radius 1 is 1.62 bits per heavy atom. The smallest absolute Gasteiger partial charge is 0.416 e. The number of hydrogen-bond acceptors (Lipinski definition) is 4. The number of anilines is 1. The summed E-state index contributed by atoms with van der Waals surface area (Å²) in [7, 11) is 0. The molecule has 0 N–H and O–H groups in total. The lowest BCUT2D eigenvalue weighted by atomic mass is 10.1. The first-order chi connectivity index (χ1) is 7.42. The van der Waals surface area contributed by atoms with Gasteiger partial charge in [-0.25, -0.2) is 19.1 Å². The van der Waals surface area contributed by atoms with Gasteiger partial charge in [0, 0.05) is 0 Å². The van der Waals surface area contributed by atoms with Crippen LogP contribution < -0.4 is 4.90 Å². The number of hydrogen-bond donors (Lipinski definition) is 0. The monoisotopic (exact) mass is 245 g/mol. The van der Waals surface area contributed by atoms with E-state index in [1.54, 1.807) is 13.8 Å². The fourth-order valence-corrected chi connectivity index (χ4v) is 1.61. The van der Waals surface area contributed by atoms with Gasteiger partial charge in [0.05, 0.1) is 11.7 Å². The van der Waals surface area contributed by atoms with Crippen LogP contribution in [0.3, 0.4) is 0 Å². The summed E-state index contributed by atoms with van der Waals surface area (Å²) in [6.45, 7) is 3.66. The average Bonchev–Trinajstić information content (AvgIpc) is 2.46. The van der Waals surface area contributed by atoms with Crippen LogP contribution in [0, 0.1) is 5.82 Å². The molecule has 5 nitrogen and oxygen atoms in total. The zero-order valence-electron chi connectivity index (χ0n) is 8.70. The first-order valence-electron chi connectivity index (χ1n) is 4.57. The summed E-state index contributed by atoms with van der Waals surface area (Å²) in [4.78, 5) is 19.8. The number of halogens is 2. The molecule has 0 bridgehead atoms. The van der Waals surface area contributed by atoms with Crippen LogP contribution in [-0.2, 0) is 4.74 Å². The molecule has 0 aliphatic carbocycles. The summed E-state index contributed by atoms with van der Waals surface area (Å²) in [5.41, 5.74) is -0.657. The zero-order valence-corrected chi connectivity index (χ0v) is 9.45. The van der Waals surface area contributed by atoms with Crippen molar-refractivity contribution in [3.8, 4) is 0 Å². The van der Waals surface area contributed by atoms with Crippen LogP contribution in [0.5, 0.6) is 0 Å². The Morgan fingerprint density at radius 3 is 2.88 bits per heavy atom. The minimum absolute atomic E-state index is 0.119. The highest BCUT2D eigenvalue weighted by atomic mass is 35.5. The average molecular weight is 246 g/mol. The van der Waals surface area contributed by atoms with Gasteiger partial charge in [0.15, 0.2) is 11.6 Å². The minimum Gasteiger partial charge on any atom is -0.447 e. The predicted molar refractivity (Wildman–Crippen MR) is 54.9 cm³/mol. The van der Waals surface area contributed by atoms with E-state index in [4.69, 9.17) is 16.3 Å². The summed E-state index contributed by atoms with van der Waals surface area (Å²) in [5, 5.41) is -0.119. The van der Waals surface area contributed by atoms with Crippen LogP contribution in [0.25, 0.3) is 0 Å². The molecule has 1 saturated heterocycles. The van der Waals surface area contributed by atoms with E-state index in [1.807, 2.05) is 0 Å². The molecule has 0 aromatic carbocycles. The van der Waals surface area contributed by atoms with Crippen molar-refractivity contribution in [1.82, 2.24) is 9.97 Å². The molecule has 1 aromatic heterocycles. The van der Waals surface area contributed by atoms with Crippen molar-refractivity contribution < 1.29 is 13.9 Å². The number of ether oxygens (including phenoxy) is 1. The molecule has 0 atom stereocenters. The van der Waals surface area contributed by atoms with Crippen LogP contribution in [-0.4, -0.2) is 28.2 Å². The number of amides is 1. The molecule has 0 saturated carbocycles. The predicted octanol–water partition coefficient (Wildman–Crippen LogP) is 2.00. The van der Waals surface area contributed by atoms with E-state index in [-0.39, 0.29) is 17.7 Å². The van der Waals surface area contributed by atoms with Crippen LogP contribution in [0.15, 0.2) is 6.20 Å². The Balaban J connectivity index is 2.50. The minimum atomic E-state index is -0.712. The number of carbonyl (C=O) groups excluding carboxylic acids is 1. The SMILES string of the molecule is CC1(C)COC(=O)N1c1nc(Cl)ncc1F. The molecule has 0 unspecified atom stereocenters. The summed E-state index contributed by atoms with van der Waals surface area (Å²) >= 11 is 5.57. The van der Waals surface area contributed by atoms with Crippen molar-refractivity contribution in [2.45, 2.75) is 19.4 Å². The number of aromatic nitrogens is 2. The lowest BCUT2D eigenvalue weighted by Gasteiger charge is -2.26. The van der Waals surface area contributed by atoms with E-state index in [1.165, 1.54) is 0 Å². The molecule has 2 heterocycles. The van der Waals surface area contributed by atoms with Crippen LogP contribution in [0.2, 0.25) is 5.28 Å². The van der Waals surface area contributed by atoms with E-state index in [0.717, 1.165) is 11.1 Å². The van der Waals surface area contributed by atoms with Gasteiger partial charge in [0.1, 0.15) is 6.61 Å². The number of nitrogens with zero attached hydrogens (tertiary/aromatic N) is 3. The van der Waals surface area contributed by atoms with Gasteiger partial charge >= 0.3 is 6.09 Å². The fraction of sp³-hybridized carbons (Fsp3) is 0.444. The number of carbonyl (C=O) groups is 1. The second-order valence-corrected chi connectivity index (χ2v) is 4.35. The molecule has 2 rings (SSSR count). The molecule has 1 aromatic rings. The van der Waals surface area contributed by atoms with Crippen molar-refractivity contribution in [1.29, 1.82) is 0 Å². The van der Waals surface area contributed by atoms with Gasteiger partial charge in [-0.05, 0) is 25.4 Å². The molecule has 1 aliphatic heterocycles. The lowest BCUT2D eigenvalue weighted by Crippen LogP contribution is -2.43. The Hall–Kier alpha value is -1.43. The maximum atomic E-state index is 13.5. The first kappa shape index (κ1) is 11.1. The fourth-order valence-electron chi connectivity index (χ4n) is 1.48. The summed E-state index contributed by atoms with van der Waals surface area (Å²) < 4.78 is 18.4. The highest BCUT2D eigenvalue weighted by Gasteiger charge is 2.43. The van der Waals surface area contributed by atoms with Gasteiger partial charge < -0.3 is 4.74 Å². The largest absolute Gasteiger partial charge is 0.447 e. The third-order valence-electron chi connectivity index (χ3n) is 2.24. The number of cyclic esters (lactones) is 1. The molecular weight excluding hydrogens is 237 g/mol. The topological polar surface area (TPSA) is 55.3 Å². The highest BCUT2D eigenvalue weighted by molar-refractivity contribution is 6.28. The highest BCUT2D eigenvalue weighted by Crippen LogP contribution is 2.30. The Kier molecular flexibility index (Phi) is 2.46. The first-order valence-corrected chi connectivity index (χ1v) is 4.94. The number of rotatable bonds is 1.